The largest absolute Gasteiger partial charge is 0.351 e. The summed E-state index contributed by atoms with van der Waals surface area (Å²) in [6.45, 7) is 7.61. The number of hydrogen-bond acceptors (Lipinski definition) is 6. The fourth-order valence-corrected chi connectivity index (χ4v) is 3.55. The van der Waals surface area contributed by atoms with Crippen molar-refractivity contribution in [3.8, 4) is 0 Å². The molecule has 0 aromatic heterocycles. The molecule has 27 heavy (non-hydrogen) atoms. The summed E-state index contributed by atoms with van der Waals surface area (Å²) >= 11 is 0. The van der Waals surface area contributed by atoms with E-state index in [1.54, 1.807) is 12.1 Å². The van der Waals surface area contributed by atoms with Crippen molar-refractivity contribution in [2.45, 2.75) is 26.3 Å². The van der Waals surface area contributed by atoms with Crippen molar-refractivity contribution in [2.75, 3.05) is 38.2 Å². The number of hydrazone groups is 1. The lowest BCUT2D eigenvalue weighted by atomic mass is 10.1. The average molecular weight is 368 g/mol. The van der Waals surface area contributed by atoms with Gasteiger partial charge >= 0.3 is 0 Å². The number of halogens is 1. The fraction of sp³-hybridized carbons (Fsp3) is 0.450. The Morgan fingerprint density at radius 3 is 2.67 bits per heavy atom. The molecule has 4 rings (SSSR count). The molecule has 1 fully saturated rings. The smallest absolute Gasteiger partial charge is 0.193 e. The van der Waals surface area contributed by atoms with Gasteiger partial charge in [-0.3, -0.25) is 4.99 Å². The second-order valence-electron chi connectivity index (χ2n) is 7.20. The van der Waals surface area contributed by atoms with E-state index in [0.717, 1.165) is 50.0 Å². The van der Waals surface area contributed by atoms with E-state index in [0.29, 0.717) is 11.3 Å². The number of nitrogens with zero attached hydrogens (tertiary/aromatic N) is 6. The fourth-order valence-electron chi connectivity index (χ4n) is 3.55. The molecule has 1 aromatic carbocycles. The normalized spacial score (nSPS) is 23.0. The van der Waals surface area contributed by atoms with Gasteiger partial charge in [0.25, 0.3) is 0 Å². The number of likely N-dealkylation sites (N-methyl/N-ethyl adjacent to an activating group) is 1. The Hall–Kier alpha value is -2.54. The summed E-state index contributed by atoms with van der Waals surface area (Å²) in [6, 6.07) is 3.35. The van der Waals surface area contributed by atoms with E-state index in [4.69, 9.17) is 9.98 Å². The average Bonchev–Trinajstić information content (AvgIpc) is 2.85. The van der Waals surface area contributed by atoms with Crippen molar-refractivity contribution in [1.29, 1.82) is 0 Å². The van der Waals surface area contributed by atoms with Crippen molar-refractivity contribution < 1.29 is 4.39 Å². The summed E-state index contributed by atoms with van der Waals surface area (Å²) in [4.78, 5) is 14.4. The molecule has 1 unspecified atom stereocenters. The van der Waals surface area contributed by atoms with Crippen molar-refractivity contribution in [1.82, 2.24) is 9.80 Å². The van der Waals surface area contributed by atoms with Crippen LogP contribution in [0.5, 0.6) is 0 Å². The zero-order valence-electron chi connectivity index (χ0n) is 16.1. The molecule has 0 saturated carbocycles. The van der Waals surface area contributed by atoms with Gasteiger partial charge in [-0.25, -0.2) is 14.4 Å². The third kappa shape index (κ3) is 3.27. The van der Waals surface area contributed by atoms with Crippen molar-refractivity contribution in [3.05, 3.63) is 29.6 Å². The Kier molecular flexibility index (Phi) is 4.78. The highest BCUT2D eigenvalue weighted by Crippen LogP contribution is 2.39. The maximum absolute atomic E-state index is 14.5. The lowest BCUT2D eigenvalue weighted by Crippen LogP contribution is -2.52. The summed E-state index contributed by atoms with van der Waals surface area (Å²) in [7, 11) is 2.12. The van der Waals surface area contributed by atoms with Crippen molar-refractivity contribution >= 4 is 35.3 Å². The lowest BCUT2D eigenvalue weighted by Gasteiger charge is -2.38. The third-order valence-electron chi connectivity index (χ3n) is 5.11. The topological polar surface area (TPSA) is 46.8 Å². The molecule has 0 N–H and O–H groups in total. The monoisotopic (exact) mass is 368 g/mol. The van der Waals surface area contributed by atoms with Crippen LogP contribution in [0.15, 0.2) is 33.3 Å². The van der Waals surface area contributed by atoms with Crippen LogP contribution in [0.2, 0.25) is 0 Å². The van der Waals surface area contributed by atoms with Gasteiger partial charge in [-0.15, -0.1) is 0 Å². The molecular weight excluding hydrogens is 343 g/mol. The molecule has 142 valence electrons. The van der Waals surface area contributed by atoms with Crippen molar-refractivity contribution in [3.63, 3.8) is 0 Å². The Morgan fingerprint density at radius 1 is 1.15 bits per heavy atom. The number of hydrogen-bond donors (Lipinski definition) is 0. The SMILES string of the molecule is C/C=C/c1c(F)ccc2c1N=C(N1CCN(C)CC1)C1=NC(C)CC=NN12. The molecule has 3 heterocycles. The molecule has 6 nitrogen and oxygen atoms in total. The number of anilines is 1. The molecule has 0 spiro atoms. The molecule has 1 aromatic rings. The van der Waals surface area contributed by atoms with Gasteiger partial charge in [0.05, 0.1) is 11.7 Å². The number of rotatable bonds is 1. The molecule has 0 bridgehead atoms. The number of aliphatic imine (C=N–C) groups is 2. The van der Waals surface area contributed by atoms with Gasteiger partial charge in [0.1, 0.15) is 11.5 Å². The molecular formula is C20H25FN6. The second kappa shape index (κ2) is 7.23. The number of allylic oxidation sites excluding steroid dienone is 1. The van der Waals surface area contributed by atoms with Gasteiger partial charge in [0.15, 0.2) is 11.7 Å². The van der Waals surface area contributed by atoms with Gasteiger partial charge < -0.3 is 9.80 Å². The summed E-state index contributed by atoms with van der Waals surface area (Å²) in [5.41, 5.74) is 1.88. The van der Waals surface area contributed by atoms with E-state index in [1.165, 1.54) is 6.07 Å². The van der Waals surface area contributed by atoms with E-state index in [2.05, 4.69) is 28.9 Å². The first-order valence-corrected chi connectivity index (χ1v) is 9.46. The number of piperazine rings is 1. The minimum absolute atomic E-state index is 0.128. The highest BCUT2D eigenvalue weighted by atomic mass is 19.1. The summed E-state index contributed by atoms with van der Waals surface area (Å²) in [6.07, 6.45) is 6.26. The molecule has 0 radical (unpaired) electrons. The van der Waals surface area contributed by atoms with E-state index >= 15 is 0 Å². The Labute approximate surface area is 159 Å². The van der Waals surface area contributed by atoms with Crippen LogP contribution >= 0.6 is 0 Å². The van der Waals surface area contributed by atoms with Crippen molar-refractivity contribution in [2.24, 2.45) is 15.1 Å². The number of benzene rings is 1. The van der Waals surface area contributed by atoms with Gasteiger partial charge in [-0.05, 0) is 33.0 Å². The standard InChI is InChI=1S/C20H25FN6/c1-4-5-15-16(21)6-7-17-18(15)24-19(26-12-10-25(3)11-13-26)20-23-14(2)8-9-22-27(17)20/h4-7,9,14H,8,10-13H2,1-3H3/b5-4+. The van der Waals surface area contributed by atoms with Crippen LogP contribution in [0, 0.1) is 5.82 Å². The van der Waals surface area contributed by atoms with Gasteiger partial charge in [0, 0.05) is 44.4 Å². The van der Waals surface area contributed by atoms with E-state index < -0.39 is 0 Å². The van der Waals surface area contributed by atoms with Gasteiger partial charge in [-0.1, -0.05) is 12.2 Å². The van der Waals surface area contributed by atoms with Crippen LogP contribution in [-0.4, -0.2) is 67.0 Å². The molecule has 1 saturated heterocycles. The quantitative estimate of drug-likeness (QED) is 0.765. The zero-order chi connectivity index (χ0) is 19.0. The molecule has 0 aliphatic carbocycles. The van der Waals surface area contributed by atoms with E-state index in [-0.39, 0.29) is 11.9 Å². The summed E-state index contributed by atoms with van der Waals surface area (Å²) in [5.74, 6) is 1.27. The van der Waals surface area contributed by atoms with E-state index in [1.807, 2.05) is 24.2 Å². The van der Waals surface area contributed by atoms with Gasteiger partial charge in [-0.2, -0.15) is 5.10 Å². The Morgan fingerprint density at radius 2 is 1.93 bits per heavy atom. The highest BCUT2D eigenvalue weighted by Gasteiger charge is 2.34. The molecule has 7 heteroatoms. The highest BCUT2D eigenvalue weighted by molar-refractivity contribution is 6.47. The third-order valence-corrected chi connectivity index (χ3v) is 5.11. The summed E-state index contributed by atoms with van der Waals surface area (Å²) < 4.78 is 14.5. The number of fused-ring (bicyclic) bond motifs is 3. The van der Waals surface area contributed by atoms with Crippen LogP contribution < -0.4 is 5.01 Å². The maximum atomic E-state index is 14.5. The number of amidine groups is 2. The maximum Gasteiger partial charge on any atom is 0.193 e. The lowest BCUT2D eigenvalue weighted by molar-refractivity contribution is 0.217. The van der Waals surface area contributed by atoms with Crippen LogP contribution in [0.25, 0.3) is 6.08 Å². The van der Waals surface area contributed by atoms with Crippen LogP contribution in [0.3, 0.4) is 0 Å². The predicted octanol–water partition coefficient (Wildman–Crippen LogP) is 3.13. The molecule has 1 atom stereocenters. The first-order chi connectivity index (χ1) is 13.1. The Bertz CT molecular complexity index is 848. The minimum Gasteiger partial charge on any atom is -0.351 e. The zero-order valence-corrected chi connectivity index (χ0v) is 16.1. The first-order valence-electron chi connectivity index (χ1n) is 9.46. The second-order valence-corrected chi connectivity index (χ2v) is 7.20. The molecule has 0 amide bonds. The van der Waals surface area contributed by atoms with Crippen LogP contribution in [0.1, 0.15) is 25.8 Å². The predicted molar refractivity (Wildman–Crippen MR) is 110 cm³/mol. The van der Waals surface area contributed by atoms with E-state index in [9.17, 15) is 4.39 Å². The Balaban J connectivity index is 1.89. The van der Waals surface area contributed by atoms with Gasteiger partial charge in [0.2, 0.25) is 0 Å². The summed E-state index contributed by atoms with van der Waals surface area (Å²) in [5, 5.41) is 6.47. The minimum atomic E-state index is -0.277. The molecule has 3 aliphatic heterocycles. The van der Waals surface area contributed by atoms with Crippen LogP contribution in [-0.2, 0) is 0 Å². The molecule has 3 aliphatic rings. The van der Waals surface area contributed by atoms with Crippen LogP contribution in [0.4, 0.5) is 15.8 Å². The first kappa shape index (κ1) is 17.9.